The van der Waals surface area contributed by atoms with Crippen LogP contribution in [0.25, 0.3) is 0 Å². The first kappa shape index (κ1) is 20.7. The highest BCUT2D eigenvalue weighted by atomic mass is 31.2. The van der Waals surface area contributed by atoms with Crippen LogP contribution in [-0.4, -0.2) is 69.9 Å². The minimum Gasteiger partial charge on any atom is -0.394 e. The third-order valence-electron chi connectivity index (χ3n) is 3.44. The van der Waals surface area contributed by atoms with Crippen molar-refractivity contribution >= 4 is 13.1 Å². The molecule has 0 aromatic carbocycles. The van der Waals surface area contributed by atoms with E-state index >= 15 is 0 Å². The van der Waals surface area contributed by atoms with E-state index < -0.39 is 50.4 Å². The molecule has 0 aliphatic carbocycles. The van der Waals surface area contributed by atoms with Crippen LogP contribution in [0.5, 0.6) is 0 Å². The first-order valence-electron chi connectivity index (χ1n) is 7.57. The van der Waals surface area contributed by atoms with E-state index in [1.54, 1.807) is 0 Å². The molecule has 0 spiro atoms. The molecule has 136 valence electrons. The highest BCUT2D eigenvalue weighted by molar-refractivity contribution is 7.71. The van der Waals surface area contributed by atoms with E-state index in [2.05, 4.69) is 0 Å². The van der Waals surface area contributed by atoms with Gasteiger partial charge in [0.1, 0.15) is 24.4 Å². The maximum Gasteiger partial charge on any atom is 0.399 e. The number of ether oxygens (including phenoxy) is 1. The molecule has 1 heterocycles. The van der Waals surface area contributed by atoms with Crippen LogP contribution in [0.3, 0.4) is 0 Å². The lowest BCUT2D eigenvalue weighted by atomic mass is 10.00. The Morgan fingerprint density at radius 3 is 2.35 bits per heavy atom. The predicted molar refractivity (Wildman–Crippen MR) is 78.6 cm³/mol. The highest BCUT2D eigenvalue weighted by Crippen LogP contribution is 2.52. The van der Waals surface area contributed by atoms with E-state index in [1.165, 1.54) is 6.92 Å². The molecular formula is C13H25O9P. The van der Waals surface area contributed by atoms with Crippen molar-refractivity contribution < 1.29 is 43.6 Å². The Morgan fingerprint density at radius 2 is 1.83 bits per heavy atom. The van der Waals surface area contributed by atoms with E-state index in [-0.39, 0.29) is 13.0 Å². The van der Waals surface area contributed by atoms with E-state index in [1.807, 2.05) is 6.92 Å². The van der Waals surface area contributed by atoms with Gasteiger partial charge in [-0.1, -0.05) is 13.3 Å². The Hall–Kier alpha value is -0.380. The maximum atomic E-state index is 12.6. The van der Waals surface area contributed by atoms with Crippen molar-refractivity contribution in [1.29, 1.82) is 0 Å². The topological polar surface area (TPSA) is 143 Å². The Kier molecular flexibility index (Phi) is 8.26. The van der Waals surface area contributed by atoms with Crippen molar-refractivity contribution in [2.45, 2.75) is 63.8 Å². The van der Waals surface area contributed by atoms with Gasteiger partial charge in [0.05, 0.1) is 13.2 Å². The molecule has 1 aliphatic rings. The number of aliphatic hydroxyl groups is 4. The van der Waals surface area contributed by atoms with Gasteiger partial charge in [-0.25, -0.2) is 0 Å². The van der Waals surface area contributed by atoms with Crippen molar-refractivity contribution in [1.82, 2.24) is 0 Å². The van der Waals surface area contributed by atoms with Gasteiger partial charge in [0.15, 0.2) is 6.29 Å². The lowest BCUT2D eigenvalue weighted by Crippen LogP contribution is -2.59. The van der Waals surface area contributed by atoms with Crippen molar-refractivity contribution in [2.24, 2.45) is 0 Å². The van der Waals surface area contributed by atoms with Gasteiger partial charge in [-0.3, -0.25) is 13.9 Å². The summed E-state index contributed by atoms with van der Waals surface area (Å²) in [5, 5.41) is 38.4. The first-order valence-corrected chi connectivity index (χ1v) is 9.11. The molecule has 9 nitrogen and oxygen atoms in total. The van der Waals surface area contributed by atoms with E-state index in [0.717, 1.165) is 0 Å². The van der Waals surface area contributed by atoms with Crippen LogP contribution in [0.4, 0.5) is 0 Å². The third kappa shape index (κ3) is 5.04. The van der Waals surface area contributed by atoms with Gasteiger partial charge in [0.2, 0.25) is 5.52 Å². The van der Waals surface area contributed by atoms with Gasteiger partial charge in [0.25, 0.3) is 0 Å². The number of aliphatic hydroxyl groups excluding tert-OH is 4. The molecule has 0 aromatic rings. The van der Waals surface area contributed by atoms with Crippen LogP contribution in [0, 0.1) is 0 Å². The van der Waals surface area contributed by atoms with Crippen LogP contribution in [0.2, 0.25) is 0 Å². The summed E-state index contributed by atoms with van der Waals surface area (Å²) in [4.78, 5) is 12.1. The standard InChI is InChI=1S/C13H25O9P/c1-3-5-6-9(15)23(19,20-4-2)22-13-12(18)11(17)10(16)8(7-14)21-13/h8,10-14,16-18H,3-7H2,1-2H3/t8-,10-,11+,12-,13?,23?/m1/s1. The molecule has 23 heavy (non-hydrogen) atoms. The zero-order valence-electron chi connectivity index (χ0n) is 13.2. The minimum absolute atomic E-state index is 0.0226. The summed E-state index contributed by atoms with van der Waals surface area (Å²) in [7, 11) is -4.23. The second kappa shape index (κ2) is 9.19. The second-order valence-electron chi connectivity index (χ2n) is 5.22. The molecule has 2 unspecified atom stereocenters. The summed E-state index contributed by atoms with van der Waals surface area (Å²) in [5.41, 5.74) is -0.752. The van der Waals surface area contributed by atoms with Gasteiger partial charge in [-0.05, 0) is 13.3 Å². The maximum absolute atomic E-state index is 12.6. The largest absolute Gasteiger partial charge is 0.399 e. The fourth-order valence-corrected chi connectivity index (χ4v) is 3.63. The quantitative estimate of drug-likeness (QED) is 0.411. The van der Waals surface area contributed by atoms with Gasteiger partial charge in [-0.15, -0.1) is 0 Å². The molecule has 4 N–H and O–H groups in total. The smallest absolute Gasteiger partial charge is 0.394 e. The molecule has 0 bridgehead atoms. The third-order valence-corrected chi connectivity index (χ3v) is 5.36. The first-order chi connectivity index (χ1) is 10.8. The number of rotatable bonds is 9. The van der Waals surface area contributed by atoms with Gasteiger partial charge in [0, 0.05) is 6.42 Å². The molecule has 10 heteroatoms. The molecule has 1 aliphatic heterocycles. The van der Waals surface area contributed by atoms with Gasteiger partial charge >= 0.3 is 7.60 Å². The Bertz CT molecular complexity index is 428. The van der Waals surface area contributed by atoms with Gasteiger partial charge in [-0.2, -0.15) is 0 Å². The lowest BCUT2D eigenvalue weighted by Gasteiger charge is -2.40. The number of carbonyl (C=O) groups is 1. The molecule has 0 radical (unpaired) electrons. The van der Waals surface area contributed by atoms with Crippen molar-refractivity contribution in [2.75, 3.05) is 13.2 Å². The van der Waals surface area contributed by atoms with Crippen LogP contribution < -0.4 is 0 Å². The minimum atomic E-state index is -4.23. The number of hydrogen-bond acceptors (Lipinski definition) is 9. The second-order valence-corrected chi connectivity index (χ2v) is 7.18. The number of carbonyl (C=O) groups excluding carboxylic acids is 1. The summed E-state index contributed by atoms with van der Waals surface area (Å²) < 4.78 is 27.7. The molecule has 1 fully saturated rings. The van der Waals surface area contributed by atoms with E-state index in [0.29, 0.717) is 12.8 Å². The Balaban J connectivity index is 2.89. The normalized spacial score (nSPS) is 34.1. The molecule has 1 saturated heterocycles. The van der Waals surface area contributed by atoms with E-state index in [9.17, 15) is 24.7 Å². The Morgan fingerprint density at radius 1 is 1.17 bits per heavy atom. The summed E-state index contributed by atoms with van der Waals surface area (Å²) >= 11 is 0. The average molecular weight is 356 g/mol. The summed E-state index contributed by atoms with van der Waals surface area (Å²) in [5.74, 6) is 0. The summed E-state index contributed by atoms with van der Waals surface area (Å²) in [6.07, 6.45) is -6.73. The average Bonchev–Trinajstić information content (AvgIpc) is 2.53. The van der Waals surface area contributed by atoms with Crippen molar-refractivity contribution in [3.63, 3.8) is 0 Å². The zero-order chi connectivity index (χ0) is 17.6. The monoisotopic (exact) mass is 356 g/mol. The molecule has 0 saturated carbocycles. The van der Waals surface area contributed by atoms with Crippen LogP contribution in [0.1, 0.15) is 33.1 Å². The fourth-order valence-electron chi connectivity index (χ4n) is 2.09. The van der Waals surface area contributed by atoms with Crippen LogP contribution >= 0.6 is 7.60 Å². The zero-order valence-corrected chi connectivity index (χ0v) is 14.1. The molecule has 6 atom stereocenters. The van der Waals surface area contributed by atoms with Crippen molar-refractivity contribution in [3.8, 4) is 0 Å². The Labute approximate surface area is 134 Å². The SMILES string of the molecule is CCCCC(=O)P(=O)(OCC)OC1O[C@H](CO)[C@@H](O)[C@H](O)[C@H]1O. The number of hydrogen-bond donors (Lipinski definition) is 4. The van der Waals surface area contributed by atoms with Crippen molar-refractivity contribution in [3.05, 3.63) is 0 Å². The number of unbranched alkanes of at least 4 members (excludes halogenated alkanes) is 1. The van der Waals surface area contributed by atoms with Crippen LogP contribution in [0.15, 0.2) is 0 Å². The fraction of sp³-hybridized carbons (Fsp3) is 0.923. The molecule has 0 aromatic heterocycles. The predicted octanol–water partition coefficient (Wildman–Crippen LogP) is -0.251. The summed E-state index contributed by atoms with van der Waals surface area (Å²) in [6, 6.07) is 0. The van der Waals surface area contributed by atoms with E-state index in [4.69, 9.17) is 18.9 Å². The lowest BCUT2D eigenvalue weighted by molar-refractivity contribution is -0.279. The molecule has 1 rings (SSSR count). The van der Waals surface area contributed by atoms with Gasteiger partial charge < -0.3 is 29.7 Å². The molecule has 0 amide bonds. The van der Waals surface area contributed by atoms with Crippen LogP contribution in [-0.2, 0) is 23.1 Å². The highest BCUT2D eigenvalue weighted by Gasteiger charge is 2.48. The summed E-state index contributed by atoms with van der Waals surface area (Å²) in [6.45, 7) is 2.66. The molecular weight excluding hydrogens is 331 g/mol.